The Hall–Kier alpha value is -4.14. The van der Waals surface area contributed by atoms with Gasteiger partial charge in [-0.05, 0) is 42.3 Å². The number of hydrogen-bond acceptors (Lipinski definition) is 6. The molecule has 4 rings (SSSR count). The van der Waals surface area contributed by atoms with Gasteiger partial charge in [0.05, 0.1) is 13.7 Å². The second kappa shape index (κ2) is 11.5. The Morgan fingerprint density at radius 3 is 2.39 bits per heavy atom. The molecule has 2 aromatic carbocycles. The lowest BCUT2D eigenvalue weighted by Gasteiger charge is -2.31. The molecule has 0 saturated carbocycles. The van der Waals surface area contributed by atoms with Crippen LogP contribution in [0.5, 0.6) is 11.5 Å². The second-order valence-corrected chi connectivity index (χ2v) is 7.98. The van der Waals surface area contributed by atoms with Crippen LogP contribution in [0.15, 0.2) is 59.7 Å². The van der Waals surface area contributed by atoms with E-state index >= 15 is 0 Å². The standard InChI is InChI=1S/C25H26N4O5.C2H6/c1-4-12-26-21(5-2)34-18-10-7-17(8-11-18)25(23(31)27-24(32)28-25)15-29-14-16-6-9-19(33-3)13-20(16)22(29)30;1-2/h4,6-13H,5,14-15H2,1-3H3,(H2,27,28,31,32);1-2H3/b12-4-,26-21?;/t25-;/m0./s1. The minimum Gasteiger partial charge on any atom is -0.497 e. The molecule has 2 aromatic rings. The highest BCUT2D eigenvalue weighted by Gasteiger charge is 2.50. The maximum atomic E-state index is 13.1. The van der Waals surface area contributed by atoms with Crippen molar-refractivity contribution in [2.45, 2.75) is 46.2 Å². The van der Waals surface area contributed by atoms with Crippen molar-refractivity contribution >= 4 is 23.7 Å². The summed E-state index contributed by atoms with van der Waals surface area (Å²) in [5, 5.41) is 5.05. The Morgan fingerprint density at radius 2 is 1.81 bits per heavy atom. The smallest absolute Gasteiger partial charge is 0.322 e. The van der Waals surface area contributed by atoms with Crippen LogP contribution >= 0.6 is 0 Å². The van der Waals surface area contributed by atoms with Crippen molar-refractivity contribution in [2.75, 3.05) is 13.7 Å². The molecule has 2 heterocycles. The van der Waals surface area contributed by atoms with Gasteiger partial charge in [-0.2, -0.15) is 0 Å². The van der Waals surface area contributed by atoms with Crippen LogP contribution in [0.25, 0.3) is 0 Å². The third kappa shape index (κ3) is 5.25. The van der Waals surface area contributed by atoms with Gasteiger partial charge in [0.1, 0.15) is 11.5 Å². The highest BCUT2D eigenvalue weighted by atomic mass is 16.5. The summed E-state index contributed by atoms with van der Waals surface area (Å²) < 4.78 is 11.0. The fourth-order valence-electron chi connectivity index (χ4n) is 4.07. The predicted octanol–water partition coefficient (Wildman–Crippen LogP) is 4.13. The topological polar surface area (TPSA) is 109 Å². The number of aliphatic imine (C=N–C) groups is 1. The van der Waals surface area contributed by atoms with Gasteiger partial charge in [0.2, 0.25) is 0 Å². The first-order valence-corrected chi connectivity index (χ1v) is 12.0. The first kappa shape index (κ1) is 26.5. The number of carbonyl (C=O) groups is 3. The van der Waals surface area contributed by atoms with Crippen LogP contribution < -0.4 is 20.1 Å². The van der Waals surface area contributed by atoms with Gasteiger partial charge < -0.3 is 19.7 Å². The Kier molecular flexibility index (Phi) is 8.47. The summed E-state index contributed by atoms with van der Waals surface area (Å²) in [6.07, 6.45) is 4.07. The number of allylic oxidation sites excluding steroid dienone is 1. The first-order chi connectivity index (χ1) is 17.4. The highest BCUT2D eigenvalue weighted by Crippen LogP contribution is 2.33. The number of rotatable bonds is 7. The van der Waals surface area contributed by atoms with E-state index in [1.165, 1.54) is 7.11 Å². The van der Waals surface area contributed by atoms with Crippen molar-refractivity contribution in [3.8, 4) is 11.5 Å². The number of methoxy groups -OCH3 is 1. The van der Waals surface area contributed by atoms with Crippen LogP contribution in [-0.4, -0.2) is 42.3 Å². The summed E-state index contributed by atoms with van der Waals surface area (Å²) >= 11 is 0. The van der Waals surface area contributed by atoms with Gasteiger partial charge in [0, 0.05) is 24.7 Å². The van der Waals surface area contributed by atoms with Crippen LogP contribution in [0.1, 0.15) is 55.6 Å². The number of benzene rings is 2. The first-order valence-electron chi connectivity index (χ1n) is 12.0. The van der Waals surface area contributed by atoms with Gasteiger partial charge in [-0.1, -0.05) is 45.0 Å². The quantitative estimate of drug-likeness (QED) is 0.343. The van der Waals surface area contributed by atoms with E-state index in [0.29, 0.717) is 41.5 Å². The molecule has 1 fully saturated rings. The molecule has 0 aromatic heterocycles. The third-order valence-corrected chi connectivity index (χ3v) is 5.82. The van der Waals surface area contributed by atoms with Crippen molar-refractivity contribution in [3.63, 3.8) is 0 Å². The number of carbonyl (C=O) groups excluding carboxylic acids is 3. The average Bonchev–Trinajstić information content (AvgIpc) is 3.37. The SMILES string of the molecule is C/C=C\N=C(CC)Oc1ccc([C@]2(CN3Cc4ccc(OC)cc4C3=O)NC(=O)NC2=O)cc1.CC. The Bertz CT molecular complexity index is 1190. The summed E-state index contributed by atoms with van der Waals surface area (Å²) in [5.74, 6) is 0.927. The largest absolute Gasteiger partial charge is 0.497 e. The molecule has 190 valence electrons. The molecule has 2 aliphatic heterocycles. The van der Waals surface area contributed by atoms with Gasteiger partial charge in [-0.15, -0.1) is 0 Å². The lowest BCUT2D eigenvalue weighted by atomic mass is 9.89. The van der Waals surface area contributed by atoms with E-state index in [-0.39, 0.29) is 12.5 Å². The number of ether oxygens (including phenoxy) is 2. The van der Waals surface area contributed by atoms with Crippen LogP contribution in [-0.2, 0) is 16.9 Å². The minimum absolute atomic E-state index is 0.0242. The number of imide groups is 1. The van der Waals surface area contributed by atoms with E-state index < -0.39 is 17.5 Å². The van der Waals surface area contributed by atoms with E-state index in [4.69, 9.17) is 9.47 Å². The Balaban J connectivity index is 0.00000176. The molecule has 1 saturated heterocycles. The number of urea groups is 1. The highest BCUT2D eigenvalue weighted by molar-refractivity contribution is 6.08. The number of nitrogens with one attached hydrogen (secondary N) is 2. The number of fused-ring (bicyclic) bond motifs is 1. The van der Waals surface area contributed by atoms with E-state index in [1.54, 1.807) is 53.6 Å². The van der Waals surface area contributed by atoms with Crippen molar-refractivity contribution < 1.29 is 23.9 Å². The molecular weight excluding hydrogens is 460 g/mol. The van der Waals surface area contributed by atoms with Crippen LogP contribution in [0.2, 0.25) is 0 Å². The summed E-state index contributed by atoms with van der Waals surface area (Å²) in [6.45, 7) is 8.10. The zero-order valence-corrected chi connectivity index (χ0v) is 21.3. The predicted molar refractivity (Wildman–Crippen MR) is 137 cm³/mol. The van der Waals surface area contributed by atoms with Crippen molar-refractivity contribution in [3.05, 3.63) is 71.4 Å². The summed E-state index contributed by atoms with van der Waals surface area (Å²) in [6, 6.07) is 11.5. The maximum Gasteiger partial charge on any atom is 0.322 e. The average molecular weight is 493 g/mol. The van der Waals surface area contributed by atoms with Gasteiger partial charge in [0.15, 0.2) is 11.4 Å². The molecule has 0 bridgehead atoms. The summed E-state index contributed by atoms with van der Waals surface area (Å²) in [4.78, 5) is 44.0. The fraction of sp³-hybridized carbons (Fsp3) is 0.333. The molecule has 2 N–H and O–H groups in total. The van der Waals surface area contributed by atoms with Crippen molar-refractivity contribution in [2.24, 2.45) is 4.99 Å². The van der Waals surface area contributed by atoms with Crippen molar-refractivity contribution in [1.29, 1.82) is 0 Å². The minimum atomic E-state index is -1.43. The van der Waals surface area contributed by atoms with Crippen molar-refractivity contribution in [1.82, 2.24) is 15.5 Å². The molecule has 0 unspecified atom stereocenters. The molecule has 0 spiro atoms. The Morgan fingerprint density at radius 1 is 1.11 bits per heavy atom. The molecule has 2 aliphatic rings. The van der Waals surface area contributed by atoms with E-state index in [0.717, 1.165) is 5.56 Å². The summed E-state index contributed by atoms with van der Waals surface area (Å²) in [5.41, 5.74) is 0.467. The lowest BCUT2D eigenvalue weighted by Crippen LogP contribution is -2.52. The van der Waals surface area contributed by atoms with E-state index in [1.807, 2.05) is 33.8 Å². The number of nitrogens with zero attached hydrogens (tertiary/aromatic N) is 2. The zero-order valence-electron chi connectivity index (χ0n) is 21.3. The maximum absolute atomic E-state index is 13.1. The normalized spacial score (nSPS) is 19.0. The zero-order chi connectivity index (χ0) is 26.3. The van der Waals surface area contributed by atoms with Gasteiger partial charge >= 0.3 is 6.03 Å². The molecule has 1 atom stereocenters. The third-order valence-electron chi connectivity index (χ3n) is 5.82. The van der Waals surface area contributed by atoms with Gasteiger partial charge in [-0.3, -0.25) is 14.9 Å². The lowest BCUT2D eigenvalue weighted by molar-refractivity contribution is -0.124. The molecule has 4 amide bonds. The van der Waals surface area contributed by atoms with Crippen LogP contribution in [0.3, 0.4) is 0 Å². The number of amides is 4. The molecule has 9 heteroatoms. The Labute approximate surface area is 211 Å². The number of hydrogen-bond donors (Lipinski definition) is 2. The molecule has 36 heavy (non-hydrogen) atoms. The molecule has 0 aliphatic carbocycles. The second-order valence-electron chi connectivity index (χ2n) is 7.98. The van der Waals surface area contributed by atoms with Gasteiger partial charge in [0.25, 0.3) is 11.8 Å². The molecular formula is C27H32N4O5. The monoisotopic (exact) mass is 492 g/mol. The van der Waals surface area contributed by atoms with Crippen LogP contribution in [0, 0.1) is 0 Å². The van der Waals surface area contributed by atoms with E-state index in [9.17, 15) is 14.4 Å². The summed E-state index contributed by atoms with van der Waals surface area (Å²) in [7, 11) is 1.54. The van der Waals surface area contributed by atoms with E-state index in [2.05, 4.69) is 15.6 Å². The van der Waals surface area contributed by atoms with Gasteiger partial charge in [-0.25, -0.2) is 9.79 Å². The molecule has 9 nitrogen and oxygen atoms in total. The van der Waals surface area contributed by atoms with Crippen LogP contribution in [0.4, 0.5) is 4.79 Å². The fourth-order valence-corrected chi connectivity index (χ4v) is 4.07. The molecule has 0 radical (unpaired) electrons.